The molecule has 3 heterocycles. The van der Waals surface area contributed by atoms with Gasteiger partial charge >= 0.3 is 0 Å². The smallest absolute Gasteiger partial charge is 0.267 e. The van der Waals surface area contributed by atoms with E-state index < -0.39 is 5.91 Å². The number of morpholine rings is 1. The zero-order valence-corrected chi connectivity index (χ0v) is 20.2. The maximum Gasteiger partial charge on any atom is 0.267 e. The molecular formula is C27H29N5O3. The highest BCUT2D eigenvalue weighted by Gasteiger charge is 2.27. The molecule has 1 saturated heterocycles. The zero-order chi connectivity index (χ0) is 24.9. The van der Waals surface area contributed by atoms with Gasteiger partial charge in [0.15, 0.2) is 0 Å². The van der Waals surface area contributed by atoms with Crippen molar-refractivity contribution in [1.29, 1.82) is 5.26 Å². The SMILES string of the molecule is Cc1cccn2c(=O)c(/C=C(\C#N)C(=O)NCCc3ccccc3)c(N3C[C@H](C)O[C@@H](C)C3)nc12. The summed E-state index contributed by atoms with van der Waals surface area (Å²) in [6.07, 6.45) is 3.55. The number of carbonyl (C=O) groups is 1. The van der Waals surface area contributed by atoms with Gasteiger partial charge in [-0.2, -0.15) is 5.26 Å². The van der Waals surface area contributed by atoms with Crippen LogP contribution in [0.5, 0.6) is 0 Å². The molecule has 1 amide bonds. The third kappa shape index (κ3) is 5.42. The van der Waals surface area contributed by atoms with E-state index in [1.54, 1.807) is 12.3 Å². The molecule has 180 valence electrons. The number of pyridine rings is 1. The maximum absolute atomic E-state index is 13.6. The van der Waals surface area contributed by atoms with Crippen LogP contribution in [-0.2, 0) is 16.0 Å². The average Bonchev–Trinajstić information content (AvgIpc) is 2.84. The molecule has 35 heavy (non-hydrogen) atoms. The van der Waals surface area contributed by atoms with Crippen molar-refractivity contribution in [2.24, 2.45) is 0 Å². The number of fused-ring (bicyclic) bond motifs is 1. The first-order valence-corrected chi connectivity index (χ1v) is 11.7. The minimum absolute atomic E-state index is 0.0515. The largest absolute Gasteiger partial charge is 0.372 e. The van der Waals surface area contributed by atoms with Crippen LogP contribution in [0.3, 0.4) is 0 Å². The first-order chi connectivity index (χ1) is 16.9. The lowest BCUT2D eigenvalue weighted by molar-refractivity contribution is -0.117. The van der Waals surface area contributed by atoms with Crippen molar-refractivity contribution >= 4 is 23.4 Å². The summed E-state index contributed by atoms with van der Waals surface area (Å²) in [5.41, 5.74) is 2.23. The summed E-state index contributed by atoms with van der Waals surface area (Å²) in [6, 6.07) is 15.4. The maximum atomic E-state index is 13.6. The number of carbonyl (C=O) groups excluding carboxylic acids is 1. The Hall–Kier alpha value is -3.96. The Balaban J connectivity index is 1.71. The number of anilines is 1. The van der Waals surface area contributed by atoms with Gasteiger partial charge < -0.3 is 15.0 Å². The topological polar surface area (TPSA) is 99.7 Å². The highest BCUT2D eigenvalue weighted by atomic mass is 16.5. The highest BCUT2D eigenvalue weighted by Crippen LogP contribution is 2.24. The van der Waals surface area contributed by atoms with Crippen LogP contribution in [-0.4, -0.2) is 47.1 Å². The summed E-state index contributed by atoms with van der Waals surface area (Å²) >= 11 is 0. The molecule has 0 spiro atoms. The molecule has 4 rings (SSSR count). The predicted octanol–water partition coefficient (Wildman–Crippen LogP) is 2.88. The molecule has 1 N–H and O–H groups in total. The first-order valence-electron chi connectivity index (χ1n) is 11.7. The fraction of sp³-hybridized carbons (Fsp3) is 0.333. The molecule has 0 unspecified atom stereocenters. The standard InChI is InChI=1S/C27H29N5O3/c1-18-8-7-13-32-24(18)30-25(31-16-19(2)35-20(3)17-31)23(27(32)34)14-22(15-28)26(33)29-12-11-21-9-5-4-6-10-21/h4-10,13-14,19-20H,11-12,16-17H2,1-3H3,(H,29,33)/b22-14+/t19-,20-/m0/s1. The van der Waals surface area contributed by atoms with Crippen molar-refractivity contribution in [3.05, 3.63) is 81.3 Å². The van der Waals surface area contributed by atoms with Crippen molar-refractivity contribution < 1.29 is 9.53 Å². The summed E-state index contributed by atoms with van der Waals surface area (Å²) in [4.78, 5) is 33.2. The third-order valence-corrected chi connectivity index (χ3v) is 5.98. The molecule has 0 saturated carbocycles. The molecule has 3 aromatic rings. The van der Waals surface area contributed by atoms with Crippen molar-refractivity contribution in [2.75, 3.05) is 24.5 Å². The van der Waals surface area contributed by atoms with Crippen LogP contribution >= 0.6 is 0 Å². The molecule has 1 aliphatic heterocycles. The van der Waals surface area contributed by atoms with Crippen LogP contribution in [0.1, 0.15) is 30.5 Å². The van der Waals surface area contributed by atoms with Gasteiger partial charge in [0.25, 0.3) is 11.5 Å². The Morgan fingerprint density at radius 2 is 1.91 bits per heavy atom. The lowest BCUT2D eigenvalue weighted by atomic mass is 10.1. The summed E-state index contributed by atoms with van der Waals surface area (Å²) < 4.78 is 7.31. The molecule has 0 aliphatic carbocycles. The number of nitrogens with zero attached hydrogens (tertiary/aromatic N) is 4. The van der Waals surface area contributed by atoms with E-state index in [2.05, 4.69) is 5.32 Å². The molecular weight excluding hydrogens is 442 g/mol. The van der Waals surface area contributed by atoms with Gasteiger partial charge in [-0.05, 0) is 50.5 Å². The molecule has 1 fully saturated rings. The minimum Gasteiger partial charge on any atom is -0.372 e. The van der Waals surface area contributed by atoms with Crippen LogP contribution in [0.25, 0.3) is 11.7 Å². The molecule has 2 atom stereocenters. The van der Waals surface area contributed by atoms with E-state index in [0.717, 1.165) is 11.1 Å². The molecule has 0 bridgehead atoms. The van der Waals surface area contributed by atoms with Gasteiger partial charge in [0, 0.05) is 25.8 Å². The number of ether oxygens (including phenoxy) is 1. The fourth-order valence-electron chi connectivity index (χ4n) is 4.37. The second-order valence-corrected chi connectivity index (χ2v) is 8.86. The molecule has 1 aromatic carbocycles. The second-order valence-electron chi connectivity index (χ2n) is 8.86. The van der Waals surface area contributed by atoms with Crippen molar-refractivity contribution in [1.82, 2.24) is 14.7 Å². The van der Waals surface area contributed by atoms with Crippen LogP contribution in [0, 0.1) is 18.3 Å². The summed E-state index contributed by atoms with van der Waals surface area (Å²) in [5.74, 6) is -0.0667. The molecule has 8 heteroatoms. The number of aromatic nitrogens is 2. The number of nitrogens with one attached hydrogen (secondary N) is 1. The van der Waals surface area contributed by atoms with Gasteiger partial charge in [-0.15, -0.1) is 0 Å². The van der Waals surface area contributed by atoms with E-state index in [1.807, 2.05) is 68.1 Å². The molecule has 2 aromatic heterocycles. The van der Waals surface area contributed by atoms with Crippen molar-refractivity contribution in [3.8, 4) is 6.07 Å². The fourth-order valence-corrected chi connectivity index (χ4v) is 4.37. The molecule has 8 nitrogen and oxygen atoms in total. The van der Waals surface area contributed by atoms with E-state index in [-0.39, 0.29) is 28.9 Å². The number of nitriles is 1. The van der Waals surface area contributed by atoms with Crippen LogP contribution < -0.4 is 15.8 Å². The van der Waals surface area contributed by atoms with Crippen LogP contribution in [0.4, 0.5) is 5.82 Å². The summed E-state index contributed by atoms with van der Waals surface area (Å²) in [7, 11) is 0. The van der Waals surface area contributed by atoms with E-state index >= 15 is 0 Å². The van der Waals surface area contributed by atoms with Crippen LogP contribution in [0.15, 0.2) is 59.0 Å². The predicted molar refractivity (Wildman–Crippen MR) is 135 cm³/mol. The van der Waals surface area contributed by atoms with Crippen molar-refractivity contribution in [2.45, 2.75) is 39.4 Å². The van der Waals surface area contributed by atoms with Gasteiger partial charge in [-0.25, -0.2) is 4.98 Å². The first kappa shape index (κ1) is 24.2. The monoisotopic (exact) mass is 471 g/mol. The van der Waals surface area contributed by atoms with Gasteiger partial charge in [0.05, 0.1) is 17.8 Å². The summed E-state index contributed by atoms with van der Waals surface area (Å²) in [5, 5.41) is 12.6. The Labute approximate surface area is 204 Å². The number of aryl methyl sites for hydroxylation is 1. The Kier molecular flexibility index (Phi) is 7.28. The number of hydrogen-bond acceptors (Lipinski definition) is 6. The number of benzene rings is 1. The zero-order valence-electron chi connectivity index (χ0n) is 20.2. The van der Waals surface area contributed by atoms with E-state index in [0.29, 0.717) is 37.5 Å². The minimum atomic E-state index is -0.521. The van der Waals surface area contributed by atoms with E-state index in [4.69, 9.17) is 9.72 Å². The Bertz CT molecular complexity index is 1350. The molecule has 0 radical (unpaired) electrons. The van der Waals surface area contributed by atoms with E-state index in [1.165, 1.54) is 10.5 Å². The average molecular weight is 472 g/mol. The molecule has 1 aliphatic rings. The van der Waals surface area contributed by atoms with Crippen molar-refractivity contribution in [3.63, 3.8) is 0 Å². The number of hydrogen-bond donors (Lipinski definition) is 1. The van der Waals surface area contributed by atoms with Gasteiger partial charge in [0.1, 0.15) is 23.1 Å². The lowest BCUT2D eigenvalue weighted by Crippen LogP contribution is -2.46. The van der Waals surface area contributed by atoms with Gasteiger partial charge in [-0.3, -0.25) is 14.0 Å². The number of amides is 1. The van der Waals surface area contributed by atoms with Gasteiger partial charge in [0.2, 0.25) is 0 Å². The van der Waals surface area contributed by atoms with E-state index in [9.17, 15) is 14.9 Å². The Morgan fingerprint density at radius 1 is 1.20 bits per heavy atom. The number of rotatable bonds is 6. The normalized spacial score (nSPS) is 18.3. The van der Waals surface area contributed by atoms with Gasteiger partial charge in [-0.1, -0.05) is 36.4 Å². The second kappa shape index (κ2) is 10.5. The van der Waals surface area contributed by atoms with Crippen LogP contribution in [0.2, 0.25) is 0 Å². The quantitative estimate of drug-likeness (QED) is 0.438. The Morgan fingerprint density at radius 3 is 2.60 bits per heavy atom. The lowest BCUT2D eigenvalue weighted by Gasteiger charge is -2.36. The summed E-state index contributed by atoms with van der Waals surface area (Å²) in [6.45, 7) is 7.31. The third-order valence-electron chi connectivity index (χ3n) is 5.98. The highest BCUT2D eigenvalue weighted by molar-refractivity contribution is 6.02.